The summed E-state index contributed by atoms with van der Waals surface area (Å²) in [7, 11) is -1.48. The normalized spacial score (nSPS) is 23.2. The maximum atomic E-state index is 12.6. The number of likely N-dealkylation sites (N-methyl/N-ethyl adjacent to an activating group) is 1. The van der Waals surface area contributed by atoms with E-state index in [0.29, 0.717) is 6.54 Å². The minimum atomic E-state index is -3.49. The smallest absolute Gasteiger partial charge is 0.243 e. The predicted octanol–water partition coefficient (Wildman–Crippen LogP) is 0.379. The first-order valence-electron chi connectivity index (χ1n) is 6.33. The van der Waals surface area contributed by atoms with Crippen LogP contribution in [-0.4, -0.2) is 55.3 Å². The van der Waals surface area contributed by atoms with Crippen molar-refractivity contribution in [3.63, 3.8) is 0 Å². The second-order valence-corrected chi connectivity index (χ2v) is 6.89. The van der Waals surface area contributed by atoms with E-state index in [0.717, 1.165) is 19.5 Å². The summed E-state index contributed by atoms with van der Waals surface area (Å²) in [5.74, 6) is 0.223. The zero-order valence-corrected chi connectivity index (χ0v) is 12.1. The maximum absolute atomic E-state index is 12.6. The van der Waals surface area contributed by atoms with Gasteiger partial charge in [0, 0.05) is 31.4 Å². The zero-order chi connectivity index (χ0) is 14.0. The molecule has 7 heteroatoms. The van der Waals surface area contributed by atoms with E-state index < -0.39 is 10.0 Å². The van der Waals surface area contributed by atoms with Crippen molar-refractivity contribution in [3.05, 3.63) is 18.3 Å². The fourth-order valence-electron chi connectivity index (χ4n) is 2.43. The topological polar surface area (TPSA) is 79.5 Å². The van der Waals surface area contributed by atoms with Crippen molar-refractivity contribution in [1.29, 1.82) is 0 Å². The number of anilines is 1. The van der Waals surface area contributed by atoms with Gasteiger partial charge in [0.25, 0.3) is 0 Å². The number of nitrogens with zero attached hydrogens (tertiary/aromatic N) is 3. The molecule has 1 aliphatic rings. The van der Waals surface area contributed by atoms with E-state index in [9.17, 15) is 8.42 Å². The molecule has 1 aromatic heterocycles. The molecule has 1 aliphatic heterocycles. The van der Waals surface area contributed by atoms with E-state index in [1.54, 1.807) is 4.31 Å². The van der Waals surface area contributed by atoms with Crippen LogP contribution in [0.5, 0.6) is 0 Å². The van der Waals surface area contributed by atoms with Gasteiger partial charge in [-0.1, -0.05) is 0 Å². The Kier molecular flexibility index (Phi) is 4.07. The van der Waals surface area contributed by atoms with Crippen LogP contribution in [0.3, 0.4) is 0 Å². The fourth-order valence-corrected chi connectivity index (χ4v) is 4.11. The molecule has 2 heterocycles. The lowest BCUT2D eigenvalue weighted by molar-refractivity contribution is 0.290. The Morgan fingerprint density at radius 2 is 2.16 bits per heavy atom. The second-order valence-electron chi connectivity index (χ2n) is 5.00. The molecule has 0 bridgehead atoms. The molecule has 0 aliphatic carbocycles. The van der Waals surface area contributed by atoms with Crippen LogP contribution in [0.2, 0.25) is 0 Å². The molecular weight excluding hydrogens is 264 g/mol. The molecule has 19 heavy (non-hydrogen) atoms. The van der Waals surface area contributed by atoms with E-state index in [1.807, 2.05) is 14.0 Å². The molecule has 0 radical (unpaired) electrons. The number of rotatable bonds is 2. The van der Waals surface area contributed by atoms with Crippen LogP contribution in [-0.2, 0) is 10.0 Å². The van der Waals surface area contributed by atoms with Crippen molar-refractivity contribution in [2.75, 3.05) is 32.4 Å². The molecule has 1 fully saturated rings. The van der Waals surface area contributed by atoms with Gasteiger partial charge in [-0.15, -0.1) is 0 Å². The number of aromatic nitrogens is 1. The highest BCUT2D eigenvalue weighted by Gasteiger charge is 2.31. The Labute approximate surface area is 114 Å². The molecule has 2 rings (SSSR count). The molecule has 1 saturated heterocycles. The van der Waals surface area contributed by atoms with E-state index in [-0.39, 0.29) is 16.8 Å². The largest absolute Gasteiger partial charge is 0.384 e. The van der Waals surface area contributed by atoms with Crippen LogP contribution in [0.1, 0.15) is 13.3 Å². The average Bonchev–Trinajstić information content (AvgIpc) is 2.50. The summed E-state index contributed by atoms with van der Waals surface area (Å²) < 4.78 is 26.8. The Morgan fingerprint density at radius 1 is 1.42 bits per heavy atom. The van der Waals surface area contributed by atoms with Gasteiger partial charge in [-0.25, -0.2) is 13.4 Å². The molecule has 6 nitrogen and oxygen atoms in total. The van der Waals surface area contributed by atoms with Gasteiger partial charge in [0.1, 0.15) is 5.82 Å². The van der Waals surface area contributed by atoms with Crippen molar-refractivity contribution in [2.24, 2.45) is 0 Å². The third kappa shape index (κ3) is 3.05. The Morgan fingerprint density at radius 3 is 2.84 bits per heavy atom. The molecule has 0 aromatic carbocycles. The molecular formula is C12H20N4O2S. The van der Waals surface area contributed by atoms with Gasteiger partial charge >= 0.3 is 0 Å². The van der Waals surface area contributed by atoms with Gasteiger partial charge in [0.15, 0.2) is 0 Å². The molecule has 1 atom stereocenters. The first-order chi connectivity index (χ1) is 8.91. The van der Waals surface area contributed by atoms with E-state index >= 15 is 0 Å². The van der Waals surface area contributed by atoms with Crippen molar-refractivity contribution in [1.82, 2.24) is 14.2 Å². The number of pyridine rings is 1. The monoisotopic (exact) mass is 284 g/mol. The van der Waals surface area contributed by atoms with Crippen molar-refractivity contribution >= 4 is 15.8 Å². The van der Waals surface area contributed by atoms with Crippen LogP contribution in [0.4, 0.5) is 5.82 Å². The summed E-state index contributed by atoms with van der Waals surface area (Å²) in [6, 6.07) is 2.86. The quantitative estimate of drug-likeness (QED) is 0.849. The highest BCUT2D eigenvalue weighted by molar-refractivity contribution is 7.89. The van der Waals surface area contributed by atoms with Crippen LogP contribution < -0.4 is 5.73 Å². The van der Waals surface area contributed by atoms with Gasteiger partial charge in [0.05, 0.1) is 4.90 Å². The first-order valence-corrected chi connectivity index (χ1v) is 7.77. The predicted molar refractivity (Wildman–Crippen MR) is 74.1 cm³/mol. The summed E-state index contributed by atoms with van der Waals surface area (Å²) in [5.41, 5.74) is 5.57. The molecule has 0 spiro atoms. The summed E-state index contributed by atoms with van der Waals surface area (Å²) in [6.45, 7) is 4.12. The number of sulfonamides is 1. The van der Waals surface area contributed by atoms with Gasteiger partial charge in [0.2, 0.25) is 10.0 Å². The summed E-state index contributed by atoms with van der Waals surface area (Å²) in [4.78, 5) is 6.21. The SMILES string of the molecule is CC1CN(C)CCCN1S(=O)(=O)c1ccnc(N)c1. The number of nitrogen functional groups attached to an aromatic ring is 1. The van der Waals surface area contributed by atoms with Crippen molar-refractivity contribution in [3.8, 4) is 0 Å². The van der Waals surface area contributed by atoms with Crippen LogP contribution in [0, 0.1) is 0 Å². The lowest BCUT2D eigenvalue weighted by Gasteiger charge is -2.27. The standard InChI is InChI=1S/C12H20N4O2S/c1-10-9-15(2)6-3-7-16(10)19(17,18)11-4-5-14-12(13)8-11/h4-5,8,10H,3,6-7,9H2,1-2H3,(H2,13,14). The summed E-state index contributed by atoms with van der Waals surface area (Å²) in [6.07, 6.45) is 2.26. The zero-order valence-electron chi connectivity index (χ0n) is 11.3. The Hall–Kier alpha value is -1.18. The highest BCUT2D eigenvalue weighted by Crippen LogP contribution is 2.21. The van der Waals surface area contributed by atoms with E-state index in [1.165, 1.54) is 18.3 Å². The lowest BCUT2D eigenvalue weighted by atomic mass is 10.3. The maximum Gasteiger partial charge on any atom is 0.243 e. The molecule has 0 saturated carbocycles. The Bertz CT molecular complexity index is 546. The molecule has 2 N–H and O–H groups in total. The van der Waals surface area contributed by atoms with Crippen LogP contribution >= 0.6 is 0 Å². The summed E-state index contributed by atoms with van der Waals surface area (Å²) >= 11 is 0. The third-order valence-electron chi connectivity index (χ3n) is 3.34. The van der Waals surface area contributed by atoms with Crippen LogP contribution in [0.25, 0.3) is 0 Å². The molecule has 0 amide bonds. The van der Waals surface area contributed by atoms with Gasteiger partial charge in [-0.3, -0.25) is 0 Å². The number of nitrogens with two attached hydrogens (primary N) is 1. The Balaban J connectivity index is 2.33. The van der Waals surface area contributed by atoms with Crippen LogP contribution in [0.15, 0.2) is 23.2 Å². The summed E-state index contributed by atoms with van der Waals surface area (Å²) in [5, 5.41) is 0. The van der Waals surface area contributed by atoms with E-state index in [4.69, 9.17) is 5.73 Å². The van der Waals surface area contributed by atoms with E-state index in [2.05, 4.69) is 9.88 Å². The lowest BCUT2D eigenvalue weighted by Crippen LogP contribution is -2.41. The minimum Gasteiger partial charge on any atom is -0.384 e. The number of hydrogen-bond acceptors (Lipinski definition) is 5. The van der Waals surface area contributed by atoms with Crippen molar-refractivity contribution < 1.29 is 8.42 Å². The molecule has 1 unspecified atom stereocenters. The van der Waals surface area contributed by atoms with Gasteiger partial charge in [-0.05, 0) is 33.0 Å². The third-order valence-corrected chi connectivity index (χ3v) is 5.35. The fraction of sp³-hybridized carbons (Fsp3) is 0.583. The van der Waals surface area contributed by atoms with Crippen molar-refractivity contribution in [2.45, 2.75) is 24.3 Å². The number of hydrogen-bond donors (Lipinski definition) is 1. The average molecular weight is 284 g/mol. The van der Waals surface area contributed by atoms with Gasteiger partial charge < -0.3 is 10.6 Å². The first kappa shape index (κ1) is 14.2. The second kappa shape index (κ2) is 5.44. The molecule has 1 aromatic rings. The minimum absolute atomic E-state index is 0.0492. The molecule has 106 valence electrons. The highest BCUT2D eigenvalue weighted by atomic mass is 32.2. The van der Waals surface area contributed by atoms with Gasteiger partial charge in [-0.2, -0.15) is 4.31 Å².